The Morgan fingerprint density at radius 2 is 1.45 bits per heavy atom. The van der Waals surface area contributed by atoms with Gasteiger partial charge in [0.05, 0.1) is 0 Å². The van der Waals surface area contributed by atoms with E-state index in [4.69, 9.17) is 0 Å². The lowest BCUT2D eigenvalue weighted by atomic mass is 9.94. The van der Waals surface area contributed by atoms with Gasteiger partial charge >= 0.3 is 0 Å². The van der Waals surface area contributed by atoms with Gasteiger partial charge in [0.1, 0.15) is 0 Å². The van der Waals surface area contributed by atoms with Crippen LogP contribution in [0.3, 0.4) is 0 Å². The summed E-state index contributed by atoms with van der Waals surface area (Å²) in [6.45, 7) is 4.41. The van der Waals surface area contributed by atoms with E-state index >= 15 is 0 Å². The summed E-state index contributed by atoms with van der Waals surface area (Å²) >= 11 is 0. The molecule has 0 amide bonds. The van der Waals surface area contributed by atoms with Crippen LogP contribution in [-0.4, -0.2) is 6.04 Å². The predicted octanol–water partition coefficient (Wildman–Crippen LogP) is 5.79. The van der Waals surface area contributed by atoms with Crippen LogP contribution in [0.4, 0.5) is 17.1 Å². The van der Waals surface area contributed by atoms with Crippen LogP contribution < -0.4 is 10.6 Å². The van der Waals surface area contributed by atoms with Gasteiger partial charge in [0, 0.05) is 23.1 Å². The third-order valence-corrected chi connectivity index (χ3v) is 4.55. The van der Waals surface area contributed by atoms with Crippen molar-refractivity contribution in [2.75, 3.05) is 10.6 Å². The maximum absolute atomic E-state index is 3.78. The van der Waals surface area contributed by atoms with Gasteiger partial charge in [0.25, 0.3) is 0 Å². The monoisotopic (exact) mass is 294 g/mol. The Bertz CT molecular complexity index is 590. The lowest BCUT2D eigenvalue weighted by molar-refractivity contribution is 0.462. The van der Waals surface area contributed by atoms with Crippen molar-refractivity contribution in [2.45, 2.75) is 52.0 Å². The van der Waals surface area contributed by atoms with Crippen LogP contribution in [0, 0.1) is 13.8 Å². The van der Waals surface area contributed by atoms with E-state index in [1.807, 2.05) is 6.07 Å². The van der Waals surface area contributed by atoms with E-state index in [0.717, 1.165) is 11.4 Å². The fraction of sp³-hybridized carbons (Fsp3) is 0.400. The average molecular weight is 294 g/mol. The predicted molar refractivity (Wildman–Crippen MR) is 96.1 cm³/mol. The molecule has 2 aromatic carbocycles. The molecule has 2 aromatic rings. The molecule has 1 saturated carbocycles. The maximum Gasteiger partial charge on any atom is 0.0403 e. The van der Waals surface area contributed by atoms with Gasteiger partial charge in [-0.05, 0) is 62.1 Å². The van der Waals surface area contributed by atoms with Gasteiger partial charge in [-0.2, -0.15) is 0 Å². The Labute approximate surface area is 134 Å². The van der Waals surface area contributed by atoms with Crippen LogP contribution in [0.2, 0.25) is 0 Å². The van der Waals surface area contributed by atoms with Crippen LogP contribution in [0.25, 0.3) is 0 Å². The van der Waals surface area contributed by atoms with E-state index in [-0.39, 0.29) is 0 Å². The molecule has 2 heteroatoms. The SMILES string of the molecule is Cc1cc(Nc2ccccc2)cc(C)c1NC1CCCCC1. The van der Waals surface area contributed by atoms with Crippen molar-refractivity contribution in [3.8, 4) is 0 Å². The highest BCUT2D eigenvalue weighted by molar-refractivity contribution is 5.68. The summed E-state index contributed by atoms with van der Waals surface area (Å²) < 4.78 is 0. The minimum Gasteiger partial charge on any atom is -0.382 e. The van der Waals surface area contributed by atoms with Gasteiger partial charge in [-0.15, -0.1) is 0 Å². The van der Waals surface area contributed by atoms with Crippen molar-refractivity contribution in [2.24, 2.45) is 0 Å². The summed E-state index contributed by atoms with van der Waals surface area (Å²) in [5.41, 5.74) is 6.27. The van der Waals surface area contributed by atoms with Crippen LogP contribution in [0.15, 0.2) is 42.5 Å². The normalized spacial score (nSPS) is 15.5. The molecule has 1 aliphatic carbocycles. The second-order valence-corrected chi connectivity index (χ2v) is 6.46. The maximum atomic E-state index is 3.78. The van der Waals surface area contributed by atoms with E-state index in [2.05, 4.69) is 60.9 Å². The summed E-state index contributed by atoms with van der Waals surface area (Å²) in [5, 5.41) is 7.27. The lowest BCUT2D eigenvalue weighted by Gasteiger charge is -2.26. The first-order chi connectivity index (χ1) is 10.7. The Hall–Kier alpha value is -1.96. The van der Waals surface area contributed by atoms with Crippen molar-refractivity contribution in [3.05, 3.63) is 53.6 Å². The fourth-order valence-corrected chi connectivity index (χ4v) is 3.40. The Morgan fingerprint density at radius 3 is 2.09 bits per heavy atom. The Kier molecular flexibility index (Phi) is 4.67. The van der Waals surface area contributed by atoms with E-state index in [1.165, 1.54) is 48.9 Å². The van der Waals surface area contributed by atoms with Crippen LogP contribution in [0.1, 0.15) is 43.2 Å². The molecule has 2 N–H and O–H groups in total. The average Bonchev–Trinajstić information content (AvgIpc) is 2.53. The molecule has 3 rings (SSSR count). The topological polar surface area (TPSA) is 24.1 Å². The smallest absolute Gasteiger partial charge is 0.0403 e. The third kappa shape index (κ3) is 3.62. The number of benzene rings is 2. The molecule has 0 heterocycles. The number of para-hydroxylation sites is 1. The lowest BCUT2D eigenvalue weighted by Crippen LogP contribution is -2.23. The molecule has 1 aliphatic rings. The molecule has 0 bridgehead atoms. The number of rotatable bonds is 4. The van der Waals surface area contributed by atoms with Crippen molar-refractivity contribution < 1.29 is 0 Å². The summed E-state index contributed by atoms with van der Waals surface area (Å²) in [6.07, 6.45) is 6.74. The van der Waals surface area contributed by atoms with Crippen LogP contribution in [-0.2, 0) is 0 Å². The zero-order chi connectivity index (χ0) is 15.4. The molecule has 0 aliphatic heterocycles. The Balaban J connectivity index is 1.75. The van der Waals surface area contributed by atoms with Crippen molar-refractivity contribution >= 4 is 17.1 Å². The van der Waals surface area contributed by atoms with Gasteiger partial charge in [0.2, 0.25) is 0 Å². The van der Waals surface area contributed by atoms with E-state index in [1.54, 1.807) is 0 Å². The summed E-state index contributed by atoms with van der Waals surface area (Å²) in [6, 6.07) is 15.5. The number of hydrogen-bond acceptors (Lipinski definition) is 2. The first-order valence-electron chi connectivity index (χ1n) is 8.42. The highest BCUT2D eigenvalue weighted by Crippen LogP contribution is 2.30. The number of aryl methyl sites for hydroxylation is 2. The van der Waals surface area contributed by atoms with E-state index < -0.39 is 0 Å². The second-order valence-electron chi connectivity index (χ2n) is 6.46. The molecule has 0 saturated heterocycles. The van der Waals surface area contributed by atoms with E-state index in [0.29, 0.717) is 6.04 Å². The first kappa shape index (κ1) is 15.0. The first-order valence-corrected chi connectivity index (χ1v) is 8.42. The number of hydrogen-bond donors (Lipinski definition) is 2. The minimum absolute atomic E-state index is 0.652. The van der Waals surface area contributed by atoms with Gasteiger partial charge < -0.3 is 10.6 Å². The zero-order valence-corrected chi connectivity index (χ0v) is 13.7. The molecular weight excluding hydrogens is 268 g/mol. The molecule has 22 heavy (non-hydrogen) atoms. The molecule has 0 atom stereocenters. The molecule has 1 fully saturated rings. The molecule has 0 radical (unpaired) electrons. The summed E-state index contributed by atoms with van der Waals surface area (Å²) in [7, 11) is 0. The molecular formula is C20H26N2. The number of anilines is 3. The quantitative estimate of drug-likeness (QED) is 0.745. The van der Waals surface area contributed by atoms with Crippen LogP contribution in [0.5, 0.6) is 0 Å². The summed E-state index contributed by atoms with van der Waals surface area (Å²) in [4.78, 5) is 0. The van der Waals surface area contributed by atoms with Crippen molar-refractivity contribution in [1.82, 2.24) is 0 Å². The molecule has 0 unspecified atom stereocenters. The highest BCUT2D eigenvalue weighted by atomic mass is 14.9. The zero-order valence-electron chi connectivity index (χ0n) is 13.7. The second kappa shape index (κ2) is 6.87. The van der Waals surface area contributed by atoms with Crippen molar-refractivity contribution in [1.29, 1.82) is 0 Å². The Morgan fingerprint density at radius 1 is 0.818 bits per heavy atom. The summed E-state index contributed by atoms with van der Waals surface area (Å²) in [5.74, 6) is 0. The van der Waals surface area contributed by atoms with E-state index in [9.17, 15) is 0 Å². The molecule has 0 spiro atoms. The molecule has 0 aromatic heterocycles. The van der Waals surface area contributed by atoms with Gasteiger partial charge in [0.15, 0.2) is 0 Å². The standard InChI is InChI=1S/C20H26N2/c1-15-13-19(21-17-9-5-3-6-10-17)14-16(2)20(15)22-18-11-7-4-8-12-18/h3,5-6,9-10,13-14,18,21-22H,4,7-8,11-12H2,1-2H3. The minimum atomic E-state index is 0.652. The van der Waals surface area contributed by atoms with Gasteiger partial charge in [-0.1, -0.05) is 37.5 Å². The fourth-order valence-electron chi connectivity index (χ4n) is 3.40. The van der Waals surface area contributed by atoms with Gasteiger partial charge in [-0.25, -0.2) is 0 Å². The highest BCUT2D eigenvalue weighted by Gasteiger charge is 2.15. The largest absolute Gasteiger partial charge is 0.382 e. The molecule has 116 valence electrons. The van der Waals surface area contributed by atoms with Crippen molar-refractivity contribution in [3.63, 3.8) is 0 Å². The van der Waals surface area contributed by atoms with Gasteiger partial charge in [-0.3, -0.25) is 0 Å². The number of nitrogens with one attached hydrogen (secondary N) is 2. The van der Waals surface area contributed by atoms with Crippen LogP contribution >= 0.6 is 0 Å². The molecule has 2 nitrogen and oxygen atoms in total. The third-order valence-electron chi connectivity index (χ3n) is 4.55.